The van der Waals surface area contributed by atoms with Gasteiger partial charge in [-0.05, 0) is 37.6 Å². The average Bonchev–Trinajstić information content (AvgIpc) is 3.16. The second-order valence-electron chi connectivity index (χ2n) is 7.33. The van der Waals surface area contributed by atoms with Crippen molar-refractivity contribution < 1.29 is 19.5 Å². The van der Waals surface area contributed by atoms with Gasteiger partial charge in [0.15, 0.2) is 0 Å². The summed E-state index contributed by atoms with van der Waals surface area (Å²) >= 11 is 6.32. The molecule has 1 aromatic heterocycles. The Balaban J connectivity index is 1.88. The number of carboxylic acids is 1. The van der Waals surface area contributed by atoms with Gasteiger partial charge in [0.2, 0.25) is 5.90 Å². The molecule has 8 nitrogen and oxygen atoms in total. The van der Waals surface area contributed by atoms with Crippen LogP contribution in [-0.2, 0) is 16.2 Å². The van der Waals surface area contributed by atoms with Gasteiger partial charge in [0.25, 0.3) is 0 Å². The number of para-hydroxylation sites is 1. The number of aromatic amines is 1. The highest BCUT2D eigenvalue weighted by Crippen LogP contribution is 2.29. The van der Waals surface area contributed by atoms with Crippen molar-refractivity contribution in [3.8, 4) is 5.75 Å². The number of aliphatic carboxylic acids is 1. The first-order valence-corrected chi connectivity index (χ1v) is 10.3. The normalized spacial score (nSPS) is 11.7. The molecule has 2 aromatic carbocycles. The molecule has 0 aliphatic heterocycles. The number of nitrogens with zero attached hydrogens (tertiary/aromatic N) is 1. The summed E-state index contributed by atoms with van der Waals surface area (Å²) in [5.41, 5.74) is 3.52. The number of hydrogen-bond acceptors (Lipinski definition) is 6. The molecule has 32 heavy (non-hydrogen) atoms. The van der Waals surface area contributed by atoms with E-state index in [-0.39, 0.29) is 18.5 Å². The predicted octanol–water partition coefficient (Wildman–Crippen LogP) is 4.09. The summed E-state index contributed by atoms with van der Waals surface area (Å²) < 4.78 is 5.65. The van der Waals surface area contributed by atoms with Crippen molar-refractivity contribution in [3.05, 3.63) is 70.9 Å². The molecule has 1 heterocycles. The molecule has 5 N–H and O–H groups in total. The number of nitrogens with one attached hydrogen (secondary N) is 2. The zero-order valence-corrected chi connectivity index (χ0v) is 18.6. The fourth-order valence-corrected chi connectivity index (χ4v) is 3.45. The van der Waals surface area contributed by atoms with E-state index in [2.05, 4.69) is 21.9 Å². The SMILES string of the molecule is C=C(/N=C(\ON)c1ccc(OC(C)C)c(Cl)c1)c1cccc2c(CNCC(=O)O)c[nH]c12. The van der Waals surface area contributed by atoms with E-state index in [0.29, 0.717) is 28.6 Å². The Morgan fingerprint density at radius 3 is 2.78 bits per heavy atom. The maximum atomic E-state index is 10.7. The number of hydrogen-bond donors (Lipinski definition) is 4. The van der Waals surface area contributed by atoms with Crippen LogP contribution < -0.4 is 16.0 Å². The van der Waals surface area contributed by atoms with Crippen molar-refractivity contribution in [2.45, 2.75) is 26.5 Å². The third kappa shape index (κ3) is 5.47. The van der Waals surface area contributed by atoms with Crippen LogP contribution in [0.2, 0.25) is 5.02 Å². The van der Waals surface area contributed by atoms with E-state index in [4.69, 9.17) is 32.2 Å². The number of ether oxygens (including phenoxy) is 1. The fraction of sp³-hybridized carbons (Fsp3) is 0.217. The van der Waals surface area contributed by atoms with E-state index in [9.17, 15) is 4.79 Å². The van der Waals surface area contributed by atoms with Crippen LogP contribution in [-0.4, -0.2) is 34.6 Å². The minimum absolute atomic E-state index is 0.0115. The Labute approximate surface area is 190 Å². The van der Waals surface area contributed by atoms with Crippen LogP contribution in [0.25, 0.3) is 16.6 Å². The Kier molecular flexibility index (Phi) is 7.53. The Morgan fingerprint density at radius 2 is 2.12 bits per heavy atom. The Hall–Kier alpha value is -3.33. The lowest BCUT2D eigenvalue weighted by molar-refractivity contribution is -0.136. The van der Waals surface area contributed by atoms with Gasteiger partial charge in [-0.2, -0.15) is 5.90 Å². The number of aliphatic imine (C=N–C) groups is 1. The molecule has 0 aliphatic carbocycles. The van der Waals surface area contributed by atoms with Crippen LogP contribution in [0.1, 0.15) is 30.5 Å². The van der Waals surface area contributed by atoms with Gasteiger partial charge in [-0.3, -0.25) is 4.79 Å². The number of carbonyl (C=O) groups is 1. The molecule has 0 aliphatic rings. The summed E-state index contributed by atoms with van der Waals surface area (Å²) in [6, 6.07) is 10.9. The summed E-state index contributed by atoms with van der Waals surface area (Å²) in [4.78, 5) is 23.4. The lowest BCUT2D eigenvalue weighted by atomic mass is 10.1. The number of carboxylic acid groups (broad SMARTS) is 1. The van der Waals surface area contributed by atoms with Crippen LogP contribution in [0, 0.1) is 0 Å². The maximum Gasteiger partial charge on any atom is 0.317 e. The van der Waals surface area contributed by atoms with Crippen LogP contribution in [0.4, 0.5) is 0 Å². The average molecular weight is 457 g/mol. The second kappa shape index (κ2) is 10.3. The summed E-state index contributed by atoms with van der Waals surface area (Å²) in [7, 11) is 0. The number of aromatic nitrogens is 1. The first-order chi connectivity index (χ1) is 15.3. The van der Waals surface area contributed by atoms with E-state index in [1.807, 2.05) is 38.2 Å². The number of nitrogens with two attached hydrogens (primary N) is 1. The highest BCUT2D eigenvalue weighted by atomic mass is 35.5. The lowest BCUT2D eigenvalue weighted by Gasteiger charge is -2.13. The van der Waals surface area contributed by atoms with Crippen LogP contribution in [0.5, 0.6) is 5.75 Å². The van der Waals surface area contributed by atoms with Crippen molar-refractivity contribution in [2.75, 3.05) is 6.54 Å². The molecular weight excluding hydrogens is 432 g/mol. The quantitative estimate of drug-likeness (QED) is 0.218. The summed E-state index contributed by atoms with van der Waals surface area (Å²) in [6.45, 7) is 8.19. The van der Waals surface area contributed by atoms with Crippen LogP contribution in [0.3, 0.4) is 0 Å². The second-order valence-corrected chi connectivity index (χ2v) is 7.74. The van der Waals surface area contributed by atoms with Crippen molar-refractivity contribution in [1.82, 2.24) is 10.3 Å². The van der Waals surface area contributed by atoms with Gasteiger partial charge < -0.3 is 25.0 Å². The van der Waals surface area contributed by atoms with Gasteiger partial charge in [0, 0.05) is 29.3 Å². The molecule has 3 aromatic rings. The van der Waals surface area contributed by atoms with Crippen LogP contribution in [0.15, 0.2) is 54.2 Å². The van der Waals surface area contributed by atoms with Gasteiger partial charge in [-0.15, -0.1) is 0 Å². The first-order valence-electron chi connectivity index (χ1n) is 9.93. The van der Waals surface area contributed by atoms with Crippen molar-refractivity contribution in [2.24, 2.45) is 10.9 Å². The third-order valence-corrected chi connectivity index (χ3v) is 4.89. The molecule has 0 unspecified atom stereocenters. The largest absolute Gasteiger partial charge is 0.489 e. The topological polar surface area (TPSA) is 122 Å². The zero-order valence-electron chi connectivity index (χ0n) is 17.8. The highest BCUT2D eigenvalue weighted by Gasteiger charge is 2.14. The van der Waals surface area contributed by atoms with Gasteiger partial charge >= 0.3 is 5.97 Å². The summed E-state index contributed by atoms with van der Waals surface area (Å²) in [5.74, 6) is 5.28. The minimum atomic E-state index is -0.911. The maximum absolute atomic E-state index is 10.7. The van der Waals surface area contributed by atoms with Gasteiger partial charge in [0.1, 0.15) is 5.75 Å². The van der Waals surface area contributed by atoms with E-state index >= 15 is 0 Å². The standard InChI is InChI=1S/C23H25ClN4O4/c1-13(2)31-20-8-7-15(9-19(20)24)23(32-25)28-14(3)17-5-4-6-18-16(11-27-22(17)18)10-26-12-21(29)30/h4-9,11,13,26-27H,3,10,12,25H2,1-2H3,(H,29,30)/b28-23-. The number of benzene rings is 2. The summed E-state index contributed by atoms with van der Waals surface area (Å²) in [6.07, 6.45) is 1.82. The Bertz CT molecular complexity index is 1170. The van der Waals surface area contributed by atoms with Crippen LogP contribution >= 0.6 is 11.6 Å². The molecule has 3 rings (SSSR count). The Morgan fingerprint density at radius 1 is 1.34 bits per heavy atom. The van der Waals surface area contributed by atoms with E-state index in [1.165, 1.54) is 0 Å². The number of halogens is 1. The van der Waals surface area contributed by atoms with Crippen molar-refractivity contribution in [1.29, 1.82) is 0 Å². The number of fused-ring (bicyclic) bond motifs is 1. The summed E-state index contributed by atoms with van der Waals surface area (Å²) in [5, 5.41) is 13.0. The lowest BCUT2D eigenvalue weighted by Crippen LogP contribution is -2.21. The van der Waals surface area contributed by atoms with Crippen molar-refractivity contribution in [3.63, 3.8) is 0 Å². The predicted molar refractivity (Wildman–Crippen MR) is 126 cm³/mol. The van der Waals surface area contributed by atoms with Gasteiger partial charge in [-0.1, -0.05) is 36.4 Å². The van der Waals surface area contributed by atoms with E-state index in [1.54, 1.807) is 18.2 Å². The van der Waals surface area contributed by atoms with Crippen molar-refractivity contribution >= 4 is 40.1 Å². The molecule has 0 spiro atoms. The number of H-pyrrole nitrogens is 1. The monoisotopic (exact) mass is 456 g/mol. The molecule has 168 valence electrons. The molecule has 0 amide bonds. The fourth-order valence-electron chi connectivity index (χ4n) is 3.23. The van der Waals surface area contributed by atoms with Gasteiger partial charge in [0.05, 0.1) is 28.9 Å². The van der Waals surface area contributed by atoms with E-state index in [0.717, 1.165) is 22.0 Å². The molecule has 9 heteroatoms. The minimum Gasteiger partial charge on any atom is -0.489 e. The molecule has 0 bridgehead atoms. The highest BCUT2D eigenvalue weighted by molar-refractivity contribution is 6.32. The zero-order chi connectivity index (χ0) is 23.3. The van der Waals surface area contributed by atoms with Gasteiger partial charge in [-0.25, -0.2) is 4.99 Å². The third-order valence-electron chi connectivity index (χ3n) is 4.59. The molecule has 0 saturated carbocycles. The smallest absolute Gasteiger partial charge is 0.317 e. The molecule has 0 fully saturated rings. The number of rotatable bonds is 9. The first kappa shape index (κ1) is 23.3. The molecular formula is C23H25ClN4O4. The van der Waals surface area contributed by atoms with E-state index < -0.39 is 5.97 Å². The molecule has 0 atom stereocenters. The molecule has 0 radical (unpaired) electrons. The molecule has 0 saturated heterocycles.